The summed E-state index contributed by atoms with van der Waals surface area (Å²) >= 11 is 0. The van der Waals surface area contributed by atoms with Crippen molar-refractivity contribution in [3.8, 4) is 11.5 Å². The fourth-order valence-electron chi connectivity index (χ4n) is 2.85. The summed E-state index contributed by atoms with van der Waals surface area (Å²) in [6.45, 7) is 2.63. The van der Waals surface area contributed by atoms with Crippen molar-refractivity contribution in [2.24, 2.45) is 0 Å². The summed E-state index contributed by atoms with van der Waals surface area (Å²) in [5.74, 6) is 0.791. The second kappa shape index (κ2) is 8.39. The molecule has 27 heavy (non-hydrogen) atoms. The lowest BCUT2D eigenvalue weighted by Crippen LogP contribution is -2.35. The Morgan fingerprint density at radius 2 is 1.96 bits per heavy atom. The number of hydrogen-bond acceptors (Lipinski definition) is 6. The van der Waals surface area contributed by atoms with Crippen molar-refractivity contribution in [3.63, 3.8) is 0 Å². The fraction of sp³-hybridized carbons (Fsp3) is 0.368. The molecule has 7 nitrogen and oxygen atoms in total. The fourth-order valence-corrected chi connectivity index (χ4v) is 4.53. The number of amides is 1. The van der Waals surface area contributed by atoms with Crippen molar-refractivity contribution in [3.05, 3.63) is 53.9 Å². The number of hydrogen-bond donors (Lipinski definition) is 1. The number of sulfone groups is 1. The van der Waals surface area contributed by atoms with Crippen LogP contribution in [0.3, 0.4) is 0 Å². The topological polar surface area (TPSA) is 94.6 Å². The SMILES string of the molecule is CCOc1cc(C(=O)N[C@@H]2CCS(=O)(=O)C2)ccc1OCc1ccncc1. The second-order valence-electron chi connectivity index (χ2n) is 6.31. The molecule has 1 aliphatic heterocycles. The molecule has 1 atom stereocenters. The zero-order chi connectivity index (χ0) is 19.3. The maximum Gasteiger partial charge on any atom is 0.251 e. The smallest absolute Gasteiger partial charge is 0.251 e. The van der Waals surface area contributed by atoms with Gasteiger partial charge in [0.1, 0.15) is 6.61 Å². The lowest BCUT2D eigenvalue weighted by Gasteiger charge is -2.15. The summed E-state index contributed by atoms with van der Waals surface area (Å²) in [4.78, 5) is 16.4. The van der Waals surface area contributed by atoms with Crippen molar-refractivity contribution in [1.82, 2.24) is 10.3 Å². The summed E-state index contributed by atoms with van der Waals surface area (Å²) in [6, 6.07) is 8.32. The van der Waals surface area contributed by atoms with Crippen LogP contribution in [0.15, 0.2) is 42.7 Å². The second-order valence-corrected chi connectivity index (χ2v) is 8.54. The summed E-state index contributed by atoms with van der Waals surface area (Å²) in [5.41, 5.74) is 1.37. The summed E-state index contributed by atoms with van der Waals surface area (Å²) in [6.07, 6.45) is 3.83. The number of aromatic nitrogens is 1. The van der Waals surface area contributed by atoms with Gasteiger partial charge in [0.2, 0.25) is 0 Å². The van der Waals surface area contributed by atoms with E-state index in [0.29, 0.717) is 36.7 Å². The third-order valence-electron chi connectivity index (χ3n) is 4.22. The van der Waals surface area contributed by atoms with Crippen LogP contribution in [0.5, 0.6) is 11.5 Å². The standard InChI is InChI=1S/C19H22N2O5S/c1-2-25-18-11-15(19(22)21-16-7-10-27(23,24)13-16)3-4-17(18)26-12-14-5-8-20-9-6-14/h3-6,8-9,11,16H,2,7,10,12-13H2,1H3,(H,21,22)/t16-/m1/s1. The highest BCUT2D eigenvalue weighted by atomic mass is 32.2. The third kappa shape index (κ3) is 5.19. The molecule has 1 aromatic carbocycles. The Morgan fingerprint density at radius 1 is 1.19 bits per heavy atom. The molecule has 1 saturated heterocycles. The number of carbonyl (C=O) groups is 1. The lowest BCUT2D eigenvalue weighted by molar-refractivity contribution is 0.0940. The van der Waals surface area contributed by atoms with Crippen molar-refractivity contribution in [1.29, 1.82) is 0 Å². The highest BCUT2D eigenvalue weighted by Gasteiger charge is 2.29. The quantitative estimate of drug-likeness (QED) is 0.777. The van der Waals surface area contributed by atoms with Gasteiger partial charge in [-0.05, 0) is 49.2 Å². The molecule has 8 heteroatoms. The number of carbonyl (C=O) groups excluding carboxylic acids is 1. The highest BCUT2D eigenvalue weighted by molar-refractivity contribution is 7.91. The van der Waals surface area contributed by atoms with E-state index in [0.717, 1.165) is 5.56 Å². The molecular formula is C19H22N2O5S. The molecule has 1 aromatic heterocycles. The molecule has 1 N–H and O–H groups in total. The van der Waals surface area contributed by atoms with Gasteiger partial charge in [0.25, 0.3) is 5.91 Å². The minimum Gasteiger partial charge on any atom is -0.490 e. The van der Waals surface area contributed by atoms with Gasteiger partial charge < -0.3 is 14.8 Å². The van der Waals surface area contributed by atoms with Gasteiger partial charge in [-0.1, -0.05) is 0 Å². The average Bonchev–Trinajstić information content (AvgIpc) is 3.00. The molecule has 1 fully saturated rings. The van der Waals surface area contributed by atoms with Gasteiger partial charge >= 0.3 is 0 Å². The van der Waals surface area contributed by atoms with Crippen molar-refractivity contribution < 1.29 is 22.7 Å². The molecule has 0 radical (unpaired) electrons. The predicted octanol–water partition coefficient (Wildman–Crippen LogP) is 1.98. The van der Waals surface area contributed by atoms with E-state index in [1.165, 1.54) is 0 Å². The molecule has 1 aliphatic rings. The van der Waals surface area contributed by atoms with Gasteiger partial charge in [-0.2, -0.15) is 0 Å². The van der Waals surface area contributed by atoms with E-state index >= 15 is 0 Å². The number of nitrogens with zero attached hydrogens (tertiary/aromatic N) is 1. The maximum atomic E-state index is 12.4. The number of benzene rings is 1. The number of rotatable bonds is 7. The van der Waals surface area contributed by atoms with Crippen LogP contribution in [0.1, 0.15) is 29.3 Å². The van der Waals surface area contributed by atoms with Gasteiger partial charge in [-0.25, -0.2) is 8.42 Å². The molecule has 0 bridgehead atoms. The predicted molar refractivity (Wildman–Crippen MR) is 101 cm³/mol. The third-order valence-corrected chi connectivity index (χ3v) is 5.99. The van der Waals surface area contributed by atoms with Gasteiger partial charge in [0.15, 0.2) is 21.3 Å². The maximum absolute atomic E-state index is 12.4. The van der Waals surface area contributed by atoms with Crippen LogP contribution in [0.25, 0.3) is 0 Å². The van der Waals surface area contributed by atoms with Crippen LogP contribution >= 0.6 is 0 Å². The normalized spacial score (nSPS) is 18.0. The Hall–Kier alpha value is -2.61. The monoisotopic (exact) mass is 390 g/mol. The lowest BCUT2D eigenvalue weighted by atomic mass is 10.1. The van der Waals surface area contributed by atoms with Gasteiger partial charge in [-0.15, -0.1) is 0 Å². The average molecular weight is 390 g/mol. The van der Waals surface area contributed by atoms with Gasteiger partial charge in [0.05, 0.1) is 18.1 Å². The molecule has 2 heterocycles. The van der Waals surface area contributed by atoms with Crippen LogP contribution in [0, 0.1) is 0 Å². The summed E-state index contributed by atoms with van der Waals surface area (Å²) in [5, 5.41) is 2.78. The van der Waals surface area contributed by atoms with E-state index < -0.39 is 9.84 Å². The minimum absolute atomic E-state index is 0.00974. The van der Waals surface area contributed by atoms with E-state index in [1.807, 2.05) is 19.1 Å². The zero-order valence-electron chi connectivity index (χ0n) is 15.1. The Morgan fingerprint density at radius 3 is 2.63 bits per heavy atom. The molecular weight excluding hydrogens is 368 g/mol. The molecule has 3 rings (SSSR count). The molecule has 0 saturated carbocycles. The van der Waals surface area contributed by atoms with Gasteiger partial charge in [0, 0.05) is 24.0 Å². The van der Waals surface area contributed by atoms with Crippen LogP contribution in [0.4, 0.5) is 0 Å². The van der Waals surface area contributed by atoms with E-state index in [4.69, 9.17) is 9.47 Å². The number of ether oxygens (including phenoxy) is 2. The Balaban J connectivity index is 1.69. The molecule has 144 valence electrons. The van der Waals surface area contributed by atoms with E-state index in [2.05, 4.69) is 10.3 Å². The Labute approximate surface area is 158 Å². The molecule has 0 aliphatic carbocycles. The van der Waals surface area contributed by atoms with E-state index in [-0.39, 0.29) is 23.5 Å². The van der Waals surface area contributed by atoms with E-state index in [1.54, 1.807) is 30.6 Å². The van der Waals surface area contributed by atoms with E-state index in [9.17, 15) is 13.2 Å². The first-order valence-corrected chi connectivity index (χ1v) is 10.6. The van der Waals surface area contributed by atoms with Crippen molar-refractivity contribution in [2.45, 2.75) is 26.0 Å². The van der Waals surface area contributed by atoms with Crippen LogP contribution in [-0.2, 0) is 16.4 Å². The molecule has 1 amide bonds. The van der Waals surface area contributed by atoms with Gasteiger partial charge in [-0.3, -0.25) is 9.78 Å². The molecule has 2 aromatic rings. The van der Waals surface area contributed by atoms with Crippen LogP contribution in [-0.4, -0.2) is 43.5 Å². The first-order chi connectivity index (χ1) is 13.0. The summed E-state index contributed by atoms with van der Waals surface area (Å²) in [7, 11) is -3.04. The number of nitrogens with one attached hydrogen (secondary N) is 1. The zero-order valence-corrected chi connectivity index (χ0v) is 15.9. The Kier molecular flexibility index (Phi) is 5.95. The summed E-state index contributed by atoms with van der Waals surface area (Å²) < 4.78 is 34.5. The first-order valence-electron chi connectivity index (χ1n) is 8.76. The van der Waals surface area contributed by atoms with Crippen molar-refractivity contribution >= 4 is 15.7 Å². The van der Waals surface area contributed by atoms with Crippen LogP contribution in [0.2, 0.25) is 0 Å². The first kappa shape index (κ1) is 19.2. The van der Waals surface area contributed by atoms with Crippen molar-refractivity contribution in [2.75, 3.05) is 18.1 Å². The Bertz CT molecular complexity index is 900. The number of pyridine rings is 1. The largest absolute Gasteiger partial charge is 0.490 e. The molecule has 0 unspecified atom stereocenters. The van der Waals surface area contributed by atoms with Crippen LogP contribution < -0.4 is 14.8 Å². The molecule has 0 spiro atoms. The minimum atomic E-state index is -3.04. The highest BCUT2D eigenvalue weighted by Crippen LogP contribution is 2.29.